The number of carbonyl (C=O) groups is 1. The molecule has 1 N–H and O–H groups in total. The van der Waals surface area contributed by atoms with E-state index < -0.39 is 0 Å². The highest BCUT2D eigenvalue weighted by atomic mass is 16.1. The summed E-state index contributed by atoms with van der Waals surface area (Å²) < 4.78 is 0. The summed E-state index contributed by atoms with van der Waals surface area (Å²) in [7, 11) is 0. The van der Waals surface area contributed by atoms with Gasteiger partial charge in [-0.3, -0.25) is 9.78 Å². The van der Waals surface area contributed by atoms with Crippen LogP contribution in [-0.4, -0.2) is 10.9 Å². The van der Waals surface area contributed by atoms with Gasteiger partial charge < -0.3 is 5.32 Å². The van der Waals surface area contributed by atoms with Crippen molar-refractivity contribution in [1.29, 1.82) is 0 Å². The van der Waals surface area contributed by atoms with E-state index in [9.17, 15) is 4.79 Å². The summed E-state index contributed by atoms with van der Waals surface area (Å²) in [5.41, 5.74) is 2.98. The number of hydrogen-bond acceptors (Lipinski definition) is 2. The Balaban J connectivity index is 2.05. The van der Waals surface area contributed by atoms with Gasteiger partial charge in [0.25, 0.3) is 5.91 Å². The lowest BCUT2D eigenvalue weighted by atomic mass is 10.0. The van der Waals surface area contributed by atoms with Crippen LogP contribution in [0.1, 0.15) is 54.2 Å². The Labute approximate surface area is 120 Å². The average molecular weight is 268 g/mol. The monoisotopic (exact) mass is 268 g/mol. The van der Waals surface area contributed by atoms with Gasteiger partial charge in [0.1, 0.15) is 0 Å². The van der Waals surface area contributed by atoms with Crippen LogP contribution in [0.3, 0.4) is 0 Å². The lowest BCUT2D eigenvalue weighted by molar-refractivity contribution is 0.0940. The molecule has 20 heavy (non-hydrogen) atoms. The molecule has 2 aromatic rings. The van der Waals surface area contributed by atoms with Crippen molar-refractivity contribution in [2.75, 3.05) is 0 Å². The van der Waals surface area contributed by atoms with Gasteiger partial charge in [0, 0.05) is 18.0 Å². The third kappa shape index (κ3) is 3.44. The largest absolute Gasteiger partial charge is 0.346 e. The van der Waals surface area contributed by atoms with Crippen molar-refractivity contribution >= 4 is 5.91 Å². The molecular weight excluding hydrogens is 248 g/mol. The van der Waals surface area contributed by atoms with Gasteiger partial charge in [0.15, 0.2) is 0 Å². The fourth-order valence-corrected chi connectivity index (χ4v) is 2.03. The molecule has 0 aliphatic heterocycles. The second kappa shape index (κ2) is 6.33. The minimum atomic E-state index is -0.0513. The topological polar surface area (TPSA) is 42.0 Å². The Bertz CT molecular complexity index is 561. The number of pyridine rings is 1. The highest BCUT2D eigenvalue weighted by Crippen LogP contribution is 2.16. The fourth-order valence-electron chi connectivity index (χ4n) is 2.03. The number of amides is 1. The summed E-state index contributed by atoms with van der Waals surface area (Å²) in [5, 5.41) is 2.99. The molecule has 0 fully saturated rings. The van der Waals surface area contributed by atoms with Crippen LogP contribution in [0.25, 0.3) is 0 Å². The molecule has 0 aliphatic rings. The van der Waals surface area contributed by atoms with Gasteiger partial charge in [-0.25, -0.2) is 0 Å². The standard InChI is InChI=1S/C17H20N2O/c1-12(2)14-4-6-16(7-5-14)17(20)19-13(3)15-8-10-18-11-9-15/h4-13H,1-3H3,(H,19,20)/t13-/m1/s1. The van der Waals surface area contributed by atoms with Crippen LogP contribution < -0.4 is 5.32 Å². The molecule has 0 unspecified atom stereocenters. The molecule has 0 radical (unpaired) electrons. The van der Waals surface area contributed by atoms with Crippen molar-refractivity contribution in [1.82, 2.24) is 10.3 Å². The molecule has 3 heteroatoms. The SMILES string of the molecule is CC(C)c1ccc(C(=O)N[C@H](C)c2ccncc2)cc1. The van der Waals surface area contributed by atoms with E-state index in [2.05, 4.69) is 24.1 Å². The molecule has 104 valence electrons. The molecule has 0 spiro atoms. The molecule has 1 amide bonds. The maximum atomic E-state index is 12.2. The summed E-state index contributed by atoms with van der Waals surface area (Å²) in [5.74, 6) is 0.424. The fraction of sp³-hybridized carbons (Fsp3) is 0.294. The molecule has 3 nitrogen and oxygen atoms in total. The van der Waals surface area contributed by atoms with Crippen molar-refractivity contribution in [3.05, 3.63) is 65.5 Å². The lowest BCUT2D eigenvalue weighted by Crippen LogP contribution is -2.26. The van der Waals surface area contributed by atoms with Crippen LogP contribution in [0, 0.1) is 0 Å². The molecule has 2 rings (SSSR count). The van der Waals surface area contributed by atoms with Gasteiger partial charge in [0.05, 0.1) is 6.04 Å². The number of aromatic nitrogens is 1. The van der Waals surface area contributed by atoms with Gasteiger partial charge in [-0.2, -0.15) is 0 Å². The number of hydrogen-bond donors (Lipinski definition) is 1. The summed E-state index contributed by atoms with van der Waals surface area (Å²) in [6.45, 7) is 6.25. The Morgan fingerprint density at radius 1 is 0.950 bits per heavy atom. The highest BCUT2D eigenvalue weighted by molar-refractivity contribution is 5.94. The van der Waals surface area contributed by atoms with Gasteiger partial charge in [-0.15, -0.1) is 0 Å². The van der Waals surface area contributed by atoms with Crippen molar-refractivity contribution in [2.45, 2.75) is 32.7 Å². The van der Waals surface area contributed by atoms with E-state index in [-0.39, 0.29) is 11.9 Å². The molecule has 1 aromatic heterocycles. The molecule has 1 atom stereocenters. The quantitative estimate of drug-likeness (QED) is 0.918. The molecule has 1 heterocycles. The van der Waals surface area contributed by atoms with Gasteiger partial charge in [-0.05, 0) is 48.2 Å². The molecule has 0 aliphatic carbocycles. The molecule has 0 saturated carbocycles. The Hall–Kier alpha value is -2.16. The Kier molecular flexibility index (Phi) is 4.51. The summed E-state index contributed by atoms with van der Waals surface area (Å²) in [6, 6.07) is 11.6. The normalized spacial score (nSPS) is 12.2. The smallest absolute Gasteiger partial charge is 0.251 e. The Morgan fingerprint density at radius 2 is 1.55 bits per heavy atom. The minimum Gasteiger partial charge on any atom is -0.346 e. The van der Waals surface area contributed by atoms with E-state index in [1.54, 1.807) is 12.4 Å². The maximum Gasteiger partial charge on any atom is 0.251 e. The maximum absolute atomic E-state index is 12.2. The first-order valence-electron chi connectivity index (χ1n) is 6.88. The van der Waals surface area contributed by atoms with Crippen LogP contribution in [0.2, 0.25) is 0 Å². The zero-order valence-electron chi connectivity index (χ0n) is 12.1. The number of benzene rings is 1. The van der Waals surface area contributed by atoms with Crippen molar-refractivity contribution in [2.24, 2.45) is 0 Å². The van der Waals surface area contributed by atoms with E-state index >= 15 is 0 Å². The van der Waals surface area contributed by atoms with Crippen LogP contribution in [0.15, 0.2) is 48.8 Å². The first-order valence-corrected chi connectivity index (χ1v) is 6.88. The summed E-state index contributed by atoms with van der Waals surface area (Å²) in [4.78, 5) is 16.2. The van der Waals surface area contributed by atoms with Crippen molar-refractivity contribution in [3.63, 3.8) is 0 Å². The van der Waals surface area contributed by atoms with Crippen LogP contribution in [0.5, 0.6) is 0 Å². The first-order chi connectivity index (χ1) is 9.58. The predicted octanol–water partition coefficient (Wildman–Crippen LogP) is 3.70. The van der Waals surface area contributed by atoms with E-state index in [1.807, 2.05) is 43.3 Å². The third-order valence-electron chi connectivity index (χ3n) is 3.39. The van der Waals surface area contributed by atoms with Crippen LogP contribution in [0.4, 0.5) is 0 Å². The number of nitrogens with zero attached hydrogens (tertiary/aromatic N) is 1. The van der Waals surface area contributed by atoms with Gasteiger partial charge in [-0.1, -0.05) is 26.0 Å². The zero-order chi connectivity index (χ0) is 14.5. The number of carbonyl (C=O) groups excluding carboxylic acids is 1. The van der Waals surface area contributed by atoms with E-state index in [4.69, 9.17) is 0 Å². The molecular formula is C17H20N2O. The average Bonchev–Trinajstić information content (AvgIpc) is 2.48. The van der Waals surface area contributed by atoms with Crippen molar-refractivity contribution < 1.29 is 4.79 Å². The van der Waals surface area contributed by atoms with Crippen LogP contribution >= 0.6 is 0 Å². The lowest BCUT2D eigenvalue weighted by Gasteiger charge is -2.14. The third-order valence-corrected chi connectivity index (χ3v) is 3.39. The molecule has 0 saturated heterocycles. The number of rotatable bonds is 4. The summed E-state index contributed by atoms with van der Waals surface area (Å²) in [6.07, 6.45) is 3.46. The number of nitrogens with one attached hydrogen (secondary N) is 1. The molecule has 0 bridgehead atoms. The van der Waals surface area contributed by atoms with Crippen molar-refractivity contribution in [3.8, 4) is 0 Å². The second-order valence-corrected chi connectivity index (χ2v) is 5.25. The van der Waals surface area contributed by atoms with E-state index in [0.717, 1.165) is 5.56 Å². The van der Waals surface area contributed by atoms with E-state index in [1.165, 1.54) is 5.56 Å². The van der Waals surface area contributed by atoms with Crippen LogP contribution in [-0.2, 0) is 0 Å². The summed E-state index contributed by atoms with van der Waals surface area (Å²) >= 11 is 0. The minimum absolute atomic E-state index is 0.0322. The molecule has 1 aromatic carbocycles. The second-order valence-electron chi connectivity index (χ2n) is 5.25. The Morgan fingerprint density at radius 3 is 2.10 bits per heavy atom. The predicted molar refractivity (Wildman–Crippen MR) is 80.6 cm³/mol. The van der Waals surface area contributed by atoms with Gasteiger partial charge in [0.2, 0.25) is 0 Å². The zero-order valence-corrected chi connectivity index (χ0v) is 12.1. The first kappa shape index (κ1) is 14.3. The van der Waals surface area contributed by atoms with E-state index in [0.29, 0.717) is 11.5 Å². The van der Waals surface area contributed by atoms with Gasteiger partial charge >= 0.3 is 0 Å². The highest BCUT2D eigenvalue weighted by Gasteiger charge is 2.11.